The Balaban J connectivity index is 2.53. The van der Waals surface area contributed by atoms with Crippen LogP contribution in [-0.4, -0.2) is 11.4 Å². The number of hydrogen-bond donors (Lipinski definition) is 1. The van der Waals surface area contributed by atoms with Crippen LogP contribution in [-0.2, 0) is 0 Å². The number of hydrogen-bond acceptors (Lipinski definition) is 1. The fraction of sp³-hybridized carbons (Fsp3) is 0.917. The lowest BCUT2D eigenvalue weighted by Gasteiger charge is -2.27. The molecule has 1 saturated carbocycles. The van der Waals surface area contributed by atoms with Gasteiger partial charge in [-0.1, -0.05) is 19.8 Å². The first-order valence-corrected chi connectivity index (χ1v) is 5.73. The molecule has 1 aliphatic carbocycles. The van der Waals surface area contributed by atoms with Crippen molar-refractivity contribution in [2.75, 3.05) is 0 Å². The van der Waals surface area contributed by atoms with Crippen molar-refractivity contribution >= 4 is 5.84 Å². The van der Waals surface area contributed by atoms with Crippen molar-refractivity contribution in [3.63, 3.8) is 0 Å². The maximum absolute atomic E-state index is 6.03. The Bertz CT molecular complexity index is 205. The van der Waals surface area contributed by atoms with Gasteiger partial charge in [0, 0.05) is 5.92 Å². The lowest BCUT2D eigenvalue weighted by molar-refractivity contribution is 0.341. The number of nitrogens with zero attached hydrogens (tertiary/aromatic N) is 1. The minimum Gasteiger partial charge on any atom is -0.387 e. The van der Waals surface area contributed by atoms with Crippen molar-refractivity contribution in [2.24, 2.45) is 22.6 Å². The van der Waals surface area contributed by atoms with Crippen LogP contribution in [0.2, 0.25) is 0 Å². The third-order valence-electron chi connectivity index (χ3n) is 2.90. The molecule has 1 fully saturated rings. The van der Waals surface area contributed by atoms with E-state index in [1.165, 1.54) is 25.7 Å². The second kappa shape index (κ2) is 4.33. The molecule has 0 saturated heterocycles. The Labute approximate surface area is 88.0 Å². The molecule has 0 aliphatic heterocycles. The Kier molecular flexibility index (Phi) is 3.57. The van der Waals surface area contributed by atoms with Crippen molar-refractivity contribution in [2.45, 2.75) is 58.9 Å². The normalized spacial score (nSPS) is 30.4. The molecule has 0 unspecified atom stereocenters. The zero-order valence-corrected chi connectivity index (χ0v) is 10.0. The monoisotopic (exact) mass is 196 g/mol. The lowest BCUT2D eigenvalue weighted by atomic mass is 9.82. The first-order valence-electron chi connectivity index (χ1n) is 5.73. The van der Waals surface area contributed by atoms with Crippen LogP contribution < -0.4 is 5.73 Å². The third kappa shape index (κ3) is 3.69. The predicted octanol–water partition coefficient (Wildman–Crippen LogP) is 2.97. The fourth-order valence-corrected chi connectivity index (χ4v) is 2.03. The lowest BCUT2D eigenvalue weighted by Crippen LogP contribution is -2.30. The highest BCUT2D eigenvalue weighted by Crippen LogP contribution is 2.28. The maximum atomic E-state index is 6.03. The van der Waals surface area contributed by atoms with Crippen molar-refractivity contribution in [3.05, 3.63) is 0 Å². The van der Waals surface area contributed by atoms with Gasteiger partial charge in [-0.3, -0.25) is 4.99 Å². The highest BCUT2D eigenvalue weighted by atomic mass is 14.9. The Morgan fingerprint density at radius 1 is 1.14 bits per heavy atom. The average Bonchev–Trinajstić information content (AvgIpc) is 2.02. The van der Waals surface area contributed by atoms with Gasteiger partial charge in [-0.2, -0.15) is 0 Å². The van der Waals surface area contributed by atoms with Crippen LogP contribution >= 0.6 is 0 Å². The maximum Gasteiger partial charge on any atom is 0.0974 e. The number of amidine groups is 1. The van der Waals surface area contributed by atoms with E-state index in [0.29, 0.717) is 5.92 Å². The summed E-state index contributed by atoms with van der Waals surface area (Å²) in [7, 11) is 0. The molecule has 2 nitrogen and oxygen atoms in total. The Morgan fingerprint density at radius 3 is 2.07 bits per heavy atom. The molecule has 0 heterocycles. The summed E-state index contributed by atoms with van der Waals surface area (Å²) in [6.45, 7) is 8.63. The third-order valence-corrected chi connectivity index (χ3v) is 2.90. The quantitative estimate of drug-likeness (QED) is 0.508. The number of rotatable bonds is 1. The molecule has 1 rings (SSSR count). The van der Waals surface area contributed by atoms with Crippen LogP contribution in [0.4, 0.5) is 0 Å². The van der Waals surface area contributed by atoms with Crippen LogP contribution in [0.1, 0.15) is 53.4 Å². The van der Waals surface area contributed by atoms with Crippen LogP contribution in [0.3, 0.4) is 0 Å². The number of aliphatic imine (C=N–C) groups is 1. The molecule has 1 aliphatic rings. The van der Waals surface area contributed by atoms with Gasteiger partial charge in [0.2, 0.25) is 0 Å². The molecule has 0 spiro atoms. The van der Waals surface area contributed by atoms with Gasteiger partial charge in [-0.15, -0.1) is 0 Å². The summed E-state index contributed by atoms with van der Waals surface area (Å²) in [5, 5.41) is 0. The molecule has 0 radical (unpaired) electrons. The van der Waals surface area contributed by atoms with Gasteiger partial charge in [0.05, 0.1) is 11.4 Å². The zero-order valence-electron chi connectivity index (χ0n) is 10.0. The van der Waals surface area contributed by atoms with Gasteiger partial charge in [0.1, 0.15) is 0 Å². The van der Waals surface area contributed by atoms with Crippen LogP contribution in [0, 0.1) is 11.8 Å². The van der Waals surface area contributed by atoms with Gasteiger partial charge < -0.3 is 5.73 Å². The summed E-state index contributed by atoms with van der Waals surface area (Å²) in [5.41, 5.74) is 6.01. The second-order valence-electron chi connectivity index (χ2n) is 5.66. The average molecular weight is 196 g/mol. The standard InChI is InChI=1S/C12H24N2/c1-9-5-7-10(8-6-9)11(13)14-12(2,3)4/h9-10H,5-8H2,1-4H3,(H2,13,14). The van der Waals surface area contributed by atoms with Gasteiger partial charge in [0.15, 0.2) is 0 Å². The molecule has 0 bridgehead atoms. The summed E-state index contributed by atoms with van der Waals surface area (Å²) >= 11 is 0. The predicted molar refractivity (Wildman–Crippen MR) is 62.5 cm³/mol. The van der Waals surface area contributed by atoms with E-state index < -0.39 is 0 Å². The Morgan fingerprint density at radius 2 is 1.64 bits per heavy atom. The molecule has 82 valence electrons. The van der Waals surface area contributed by atoms with E-state index in [9.17, 15) is 0 Å². The minimum atomic E-state index is -0.0207. The van der Waals surface area contributed by atoms with E-state index in [0.717, 1.165) is 11.8 Å². The smallest absolute Gasteiger partial charge is 0.0974 e. The van der Waals surface area contributed by atoms with E-state index in [-0.39, 0.29) is 5.54 Å². The first-order chi connectivity index (χ1) is 6.38. The SMILES string of the molecule is CC1CCC(C(N)=NC(C)(C)C)CC1. The Hall–Kier alpha value is -0.530. The van der Waals surface area contributed by atoms with Crippen LogP contribution in [0.25, 0.3) is 0 Å². The van der Waals surface area contributed by atoms with E-state index >= 15 is 0 Å². The topological polar surface area (TPSA) is 38.4 Å². The van der Waals surface area contributed by atoms with Crippen LogP contribution in [0.15, 0.2) is 4.99 Å². The highest BCUT2D eigenvalue weighted by Gasteiger charge is 2.22. The molecular weight excluding hydrogens is 172 g/mol. The molecule has 0 aromatic heterocycles. The molecule has 0 aromatic rings. The van der Waals surface area contributed by atoms with Crippen molar-refractivity contribution in [3.8, 4) is 0 Å². The van der Waals surface area contributed by atoms with Crippen LogP contribution in [0.5, 0.6) is 0 Å². The molecule has 2 heteroatoms. The van der Waals surface area contributed by atoms with Gasteiger partial charge in [-0.05, 0) is 39.5 Å². The zero-order chi connectivity index (χ0) is 10.8. The molecule has 0 amide bonds. The van der Waals surface area contributed by atoms with Gasteiger partial charge >= 0.3 is 0 Å². The van der Waals surface area contributed by atoms with E-state index in [4.69, 9.17) is 5.73 Å². The van der Waals surface area contributed by atoms with Crippen molar-refractivity contribution < 1.29 is 0 Å². The van der Waals surface area contributed by atoms with E-state index in [1.54, 1.807) is 0 Å². The minimum absolute atomic E-state index is 0.0207. The van der Waals surface area contributed by atoms with E-state index in [1.807, 2.05) is 0 Å². The van der Waals surface area contributed by atoms with Gasteiger partial charge in [0.25, 0.3) is 0 Å². The molecule has 2 N–H and O–H groups in total. The summed E-state index contributed by atoms with van der Waals surface area (Å²) in [4.78, 5) is 4.55. The summed E-state index contributed by atoms with van der Waals surface area (Å²) in [6, 6.07) is 0. The van der Waals surface area contributed by atoms with Gasteiger partial charge in [-0.25, -0.2) is 0 Å². The molecule has 0 aromatic carbocycles. The summed E-state index contributed by atoms with van der Waals surface area (Å²) in [6.07, 6.45) is 5.08. The summed E-state index contributed by atoms with van der Waals surface area (Å²) in [5.74, 6) is 2.31. The van der Waals surface area contributed by atoms with Crippen molar-refractivity contribution in [1.29, 1.82) is 0 Å². The second-order valence-corrected chi connectivity index (χ2v) is 5.66. The fourth-order valence-electron chi connectivity index (χ4n) is 2.03. The molecule has 14 heavy (non-hydrogen) atoms. The van der Waals surface area contributed by atoms with E-state index in [2.05, 4.69) is 32.7 Å². The number of nitrogens with two attached hydrogens (primary N) is 1. The largest absolute Gasteiger partial charge is 0.387 e. The first kappa shape index (κ1) is 11.5. The highest BCUT2D eigenvalue weighted by molar-refractivity contribution is 5.83. The summed E-state index contributed by atoms with van der Waals surface area (Å²) < 4.78 is 0. The molecular formula is C12H24N2. The molecule has 0 atom stereocenters. The van der Waals surface area contributed by atoms with Crippen molar-refractivity contribution in [1.82, 2.24) is 0 Å².